The number of ether oxygens (including phenoxy) is 1. The van der Waals surface area contributed by atoms with Gasteiger partial charge in [0.05, 0.1) is 23.3 Å². The van der Waals surface area contributed by atoms with E-state index >= 15 is 0 Å². The van der Waals surface area contributed by atoms with E-state index in [1.165, 1.54) is 37.1 Å². The number of halogens is 1. The number of carbonyl (C=O) groups excluding carboxylic acids is 1. The number of hydrogen-bond acceptors (Lipinski definition) is 5. The summed E-state index contributed by atoms with van der Waals surface area (Å²) in [5, 5.41) is 0.671. The molecule has 0 aliphatic carbocycles. The highest BCUT2D eigenvalue weighted by molar-refractivity contribution is 7.98. The number of anilines is 1. The van der Waals surface area contributed by atoms with Crippen LogP contribution < -0.4 is 9.46 Å². The molecule has 0 radical (unpaired) electrons. The maximum absolute atomic E-state index is 13.3. The van der Waals surface area contributed by atoms with E-state index in [1.807, 2.05) is 36.4 Å². The summed E-state index contributed by atoms with van der Waals surface area (Å²) in [6.07, 6.45) is 2.98. The number of amides is 1. The van der Waals surface area contributed by atoms with Crippen LogP contribution >= 0.6 is 23.4 Å². The number of nitrogens with zero attached hydrogens (tertiary/aromatic N) is 1. The molecule has 9 heteroatoms. The summed E-state index contributed by atoms with van der Waals surface area (Å²) in [6, 6.07) is 19.2. The van der Waals surface area contributed by atoms with E-state index in [-0.39, 0.29) is 16.4 Å². The second kappa shape index (κ2) is 11.4. The Morgan fingerprint density at radius 3 is 2.46 bits per heavy atom. The monoisotopic (exact) mass is 530 g/mol. The van der Waals surface area contributed by atoms with Crippen LogP contribution in [0.15, 0.2) is 76.5 Å². The molecule has 0 saturated carbocycles. The van der Waals surface area contributed by atoms with Crippen molar-refractivity contribution in [2.75, 3.05) is 24.9 Å². The minimum atomic E-state index is -3.94. The molecule has 35 heavy (non-hydrogen) atoms. The zero-order valence-corrected chi connectivity index (χ0v) is 21.8. The highest BCUT2D eigenvalue weighted by Gasteiger charge is 2.25. The molecule has 6 nitrogen and oxygen atoms in total. The molecule has 1 fully saturated rings. The summed E-state index contributed by atoms with van der Waals surface area (Å²) in [7, 11) is -2.47. The highest BCUT2D eigenvalue weighted by Crippen LogP contribution is 2.32. The summed E-state index contributed by atoms with van der Waals surface area (Å²) in [4.78, 5) is 15.7. The third-order valence-corrected chi connectivity index (χ3v) is 8.55. The Hall–Kier alpha value is -2.68. The first kappa shape index (κ1) is 25.4. The molecular formula is C26H27ClN2O4S2. The molecule has 0 spiro atoms. The molecule has 1 heterocycles. The van der Waals surface area contributed by atoms with E-state index in [0.29, 0.717) is 35.3 Å². The van der Waals surface area contributed by atoms with Crippen LogP contribution in [0.5, 0.6) is 5.75 Å². The molecule has 184 valence electrons. The molecule has 3 aromatic carbocycles. The number of hydrogen-bond donors (Lipinski definition) is 1. The fourth-order valence-corrected chi connectivity index (χ4v) is 6.17. The molecule has 0 bridgehead atoms. The van der Waals surface area contributed by atoms with Crippen LogP contribution in [-0.2, 0) is 15.8 Å². The average molecular weight is 531 g/mol. The van der Waals surface area contributed by atoms with Crippen molar-refractivity contribution in [3.8, 4) is 5.75 Å². The van der Waals surface area contributed by atoms with Gasteiger partial charge in [0.15, 0.2) is 0 Å². The van der Waals surface area contributed by atoms with Gasteiger partial charge in [0.25, 0.3) is 15.9 Å². The fourth-order valence-electron chi connectivity index (χ4n) is 3.91. The summed E-state index contributed by atoms with van der Waals surface area (Å²) >= 11 is 7.49. The minimum absolute atomic E-state index is 0.0103. The Morgan fingerprint density at radius 2 is 1.74 bits per heavy atom. The van der Waals surface area contributed by atoms with Gasteiger partial charge in [0, 0.05) is 28.8 Å². The van der Waals surface area contributed by atoms with Crippen LogP contribution in [0.25, 0.3) is 0 Å². The first-order valence-electron chi connectivity index (χ1n) is 11.3. The first-order valence-corrected chi connectivity index (χ1v) is 14.2. The molecule has 3 aromatic rings. The van der Waals surface area contributed by atoms with Gasteiger partial charge in [-0.1, -0.05) is 35.9 Å². The van der Waals surface area contributed by atoms with Crippen molar-refractivity contribution in [1.82, 2.24) is 4.90 Å². The third kappa shape index (κ3) is 6.31. The molecular weight excluding hydrogens is 504 g/mol. The Morgan fingerprint density at radius 1 is 1.03 bits per heavy atom. The van der Waals surface area contributed by atoms with Gasteiger partial charge >= 0.3 is 0 Å². The molecule has 1 amide bonds. The zero-order chi connectivity index (χ0) is 24.8. The van der Waals surface area contributed by atoms with Gasteiger partial charge in [-0.05, 0) is 67.3 Å². The number of para-hydroxylation sites is 1. The second-order valence-electron chi connectivity index (χ2n) is 8.23. The number of sulfonamides is 1. The van der Waals surface area contributed by atoms with E-state index < -0.39 is 10.0 Å². The number of thioether (sulfide) groups is 1. The van der Waals surface area contributed by atoms with E-state index in [0.717, 1.165) is 29.7 Å². The lowest BCUT2D eigenvalue weighted by molar-refractivity contribution is 0.0720. The maximum atomic E-state index is 13.3. The number of piperidine rings is 1. The van der Waals surface area contributed by atoms with E-state index in [4.69, 9.17) is 16.3 Å². The predicted molar refractivity (Wildman–Crippen MR) is 141 cm³/mol. The quantitative estimate of drug-likeness (QED) is 0.358. The van der Waals surface area contributed by atoms with Gasteiger partial charge < -0.3 is 9.64 Å². The van der Waals surface area contributed by atoms with Crippen molar-refractivity contribution in [2.45, 2.75) is 34.8 Å². The molecule has 0 unspecified atom stereocenters. The van der Waals surface area contributed by atoms with E-state index in [9.17, 15) is 13.2 Å². The van der Waals surface area contributed by atoms with Crippen molar-refractivity contribution in [3.63, 3.8) is 0 Å². The number of methoxy groups -OCH3 is 1. The van der Waals surface area contributed by atoms with Gasteiger partial charge in [-0.3, -0.25) is 9.52 Å². The number of carbonyl (C=O) groups is 1. The standard InChI is InChI=1S/C26H27ClN2O4S2/c1-33-24-14-13-21(17-22(24)26(30)29-15-5-2-6-16-29)35(31,32)28-23-7-3-4-8-25(23)34-18-19-9-11-20(27)12-10-19/h3-4,7-14,17,28H,2,5-6,15-16,18H2,1H3. The second-order valence-corrected chi connectivity index (χ2v) is 11.4. The van der Waals surface area contributed by atoms with Crippen LogP contribution in [0.3, 0.4) is 0 Å². The molecule has 1 N–H and O–H groups in total. The molecule has 0 aromatic heterocycles. The Bertz CT molecular complexity index is 1290. The highest BCUT2D eigenvalue weighted by atomic mass is 35.5. The molecule has 1 saturated heterocycles. The van der Waals surface area contributed by atoms with Gasteiger partial charge in [0.2, 0.25) is 0 Å². The summed E-state index contributed by atoms with van der Waals surface area (Å²) in [5.41, 5.74) is 1.81. The van der Waals surface area contributed by atoms with Crippen molar-refractivity contribution < 1.29 is 17.9 Å². The van der Waals surface area contributed by atoms with Crippen molar-refractivity contribution in [3.05, 3.63) is 82.9 Å². The zero-order valence-electron chi connectivity index (χ0n) is 19.4. The smallest absolute Gasteiger partial charge is 0.261 e. The molecule has 1 aliphatic rings. The van der Waals surface area contributed by atoms with Crippen molar-refractivity contribution >= 4 is 45.0 Å². The number of nitrogens with one attached hydrogen (secondary N) is 1. The Labute approximate surface area is 215 Å². The number of benzene rings is 3. The van der Waals surface area contributed by atoms with Crippen LogP contribution in [0.2, 0.25) is 5.02 Å². The average Bonchev–Trinajstić information content (AvgIpc) is 2.88. The fraction of sp³-hybridized carbons (Fsp3) is 0.269. The molecule has 4 rings (SSSR count). The number of likely N-dealkylation sites (tertiary alicyclic amines) is 1. The SMILES string of the molecule is COc1ccc(S(=O)(=O)Nc2ccccc2SCc2ccc(Cl)cc2)cc1C(=O)N1CCCCC1. The summed E-state index contributed by atoms with van der Waals surface area (Å²) < 4.78 is 34.7. The lowest BCUT2D eigenvalue weighted by Crippen LogP contribution is -2.35. The lowest BCUT2D eigenvalue weighted by atomic mass is 10.1. The van der Waals surface area contributed by atoms with Gasteiger partial charge in [-0.25, -0.2) is 8.42 Å². The van der Waals surface area contributed by atoms with Crippen LogP contribution in [0.4, 0.5) is 5.69 Å². The Kier molecular flexibility index (Phi) is 8.26. The van der Waals surface area contributed by atoms with E-state index in [1.54, 1.807) is 17.0 Å². The normalized spacial score (nSPS) is 13.9. The largest absolute Gasteiger partial charge is 0.496 e. The lowest BCUT2D eigenvalue weighted by Gasteiger charge is -2.27. The molecule has 1 aliphatic heterocycles. The summed E-state index contributed by atoms with van der Waals surface area (Å²) in [6.45, 7) is 1.32. The topological polar surface area (TPSA) is 75.7 Å². The first-order chi connectivity index (χ1) is 16.9. The maximum Gasteiger partial charge on any atom is 0.261 e. The third-order valence-electron chi connectivity index (χ3n) is 5.79. The van der Waals surface area contributed by atoms with Gasteiger partial charge in [-0.2, -0.15) is 0 Å². The number of rotatable bonds is 8. The van der Waals surface area contributed by atoms with Crippen molar-refractivity contribution in [2.24, 2.45) is 0 Å². The summed E-state index contributed by atoms with van der Waals surface area (Å²) in [5.74, 6) is 0.809. The van der Waals surface area contributed by atoms with Gasteiger partial charge in [0.1, 0.15) is 5.75 Å². The Balaban J connectivity index is 1.56. The van der Waals surface area contributed by atoms with Crippen LogP contribution in [-0.4, -0.2) is 39.4 Å². The predicted octanol–water partition coefficient (Wildman–Crippen LogP) is 6.07. The molecule has 0 atom stereocenters. The minimum Gasteiger partial charge on any atom is -0.496 e. The van der Waals surface area contributed by atoms with Gasteiger partial charge in [-0.15, -0.1) is 11.8 Å². The van der Waals surface area contributed by atoms with Crippen LogP contribution in [0.1, 0.15) is 35.2 Å². The van der Waals surface area contributed by atoms with Crippen molar-refractivity contribution in [1.29, 1.82) is 0 Å². The van der Waals surface area contributed by atoms with E-state index in [2.05, 4.69) is 4.72 Å². The van der Waals surface area contributed by atoms with Crippen LogP contribution in [0, 0.1) is 0 Å².